The van der Waals surface area contributed by atoms with Gasteiger partial charge in [-0.15, -0.1) is 22.7 Å². The Hall–Kier alpha value is -7.50. The lowest BCUT2D eigenvalue weighted by Crippen LogP contribution is -2.09. The van der Waals surface area contributed by atoms with E-state index >= 15 is 0 Å². The number of furan rings is 1. The van der Waals surface area contributed by atoms with Crippen LogP contribution < -0.4 is 4.90 Å². The predicted molar refractivity (Wildman–Crippen MR) is 268 cm³/mol. The molecule has 0 saturated carbocycles. The summed E-state index contributed by atoms with van der Waals surface area (Å²) in [7, 11) is 0. The van der Waals surface area contributed by atoms with Gasteiger partial charge >= 0.3 is 0 Å². The van der Waals surface area contributed by atoms with Crippen LogP contribution in [0.1, 0.15) is 0 Å². The number of benzene rings is 10. The minimum atomic E-state index is 0.900. The Kier molecular flexibility index (Phi) is 7.99. The van der Waals surface area contributed by atoms with E-state index in [1.165, 1.54) is 68.0 Å². The molecule has 3 heterocycles. The van der Waals surface area contributed by atoms with Gasteiger partial charge in [-0.3, -0.25) is 0 Å². The Bertz CT molecular complexity index is 3850. The van der Waals surface area contributed by atoms with Crippen molar-refractivity contribution in [2.75, 3.05) is 4.90 Å². The molecule has 0 bridgehead atoms. The molecular formula is C58H35NOS2. The molecule has 3 aromatic heterocycles. The van der Waals surface area contributed by atoms with Crippen LogP contribution in [0.2, 0.25) is 0 Å². The van der Waals surface area contributed by atoms with Crippen LogP contribution in [0.4, 0.5) is 17.1 Å². The highest BCUT2D eigenvalue weighted by molar-refractivity contribution is 7.26. The summed E-state index contributed by atoms with van der Waals surface area (Å²) < 4.78 is 11.8. The van der Waals surface area contributed by atoms with Gasteiger partial charge in [0, 0.05) is 73.6 Å². The molecule has 0 saturated heterocycles. The molecule has 0 aliphatic heterocycles. The maximum Gasteiger partial charge on any atom is 0.143 e. The van der Waals surface area contributed by atoms with Gasteiger partial charge in [0.05, 0.1) is 0 Å². The summed E-state index contributed by atoms with van der Waals surface area (Å²) >= 11 is 3.72. The monoisotopic (exact) mass is 825 g/mol. The third kappa shape index (κ3) is 5.61. The van der Waals surface area contributed by atoms with Gasteiger partial charge < -0.3 is 9.32 Å². The summed E-state index contributed by atoms with van der Waals surface area (Å²) in [6.07, 6.45) is 0. The first-order valence-electron chi connectivity index (χ1n) is 21.0. The molecule has 13 rings (SSSR count). The Labute approximate surface area is 365 Å². The lowest BCUT2D eigenvalue weighted by atomic mass is 9.97. The van der Waals surface area contributed by atoms with E-state index in [0.29, 0.717) is 0 Å². The van der Waals surface area contributed by atoms with E-state index in [-0.39, 0.29) is 0 Å². The van der Waals surface area contributed by atoms with Crippen LogP contribution >= 0.6 is 22.7 Å². The summed E-state index contributed by atoms with van der Waals surface area (Å²) in [4.78, 5) is 2.37. The summed E-state index contributed by atoms with van der Waals surface area (Å²) in [6.45, 7) is 0. The SMILES string of the molecule is c1ccc2c(c1)ccc1c2oc2cccc(-c3ccc(N(c4ccc(-c5ccc6c(c5)sc5ccccc56)cc4)c4ccc(-c5cccc6sc7ccccc7c56)cc4)cc3)c21. The van der Waals surface area contributed by atoms with Crippen molar-refractivity contribution in [3.63, 3.8) is 0 Å². The zero-order chi connectivity index (χ0) is 40.7. The first-order valence-corrected chi connectivity index (χ1v) is 22.6. The van der Waals surface area contributed by atoms with Gasteiger partial charge in [-0.05, 0) is 112 Å². The van der Waals surface area contributed by atoms with Crippen LogP contribution in [-0.2, 0) is 0 Å². The van der Waals surface area contributed by atoms with E-state index < -0.39 is 0 Å². The second-order valence-corrected chi connectivity index (χ2v) is 18.2. The quantitative estimate of drug-likeness (QED) is 0.166. The molecule has 0 radical (unpaired) electrons. The normalized spacial score (nSPS) is 11.9. The van der Waals surface area contributed by atoms with E-state index in [1.807, 2.05) is 22.7 Å². The molecule has 10 aromatic carbocycles. The predicted octanol–water partition coefficient (Wildman–Crippen LogP) is 17.9. The van der Waals surface area contributed by atoms with E-state index in [9.17, 15) is 0 Å². The molecule has 2 nitrogen and oxygen atoms in total. The van der Waals surface area contributed by atoms with Crippen LogP contribution in [0, 0.1) is 0 Å². The van der Waals surface area contributed by atoms with Crippen molar-refractivity contribution in [2.24, 2.45) is 0 Å². The highest BCUT2D eigenvalue weighted by Gasteiger charge is 2.18. The smallest absolute Gasteiger partial charge is 0.143 e. The highest BCUT2D eigenvalue weighted by Crippen LogP contribution is 2.44. The summed E-state index contributed by atoms with van der Waals surface area (Å²) in [5, 5.41) is 9.88. The van der Waals surface area contributed by atoms with Crippen LogP contribution in [0.3, 0.4) is 0 Å². The number of nitrogens with zero attached hydrogens (tertiary/aromatic N) is 1. The molecule has 0 spiro atoms. The molecule has 0 fully saturated rings. The van der Waals surface area contributed by atoms with Crippen LogP contribution in [0.5, 0.6) is 0 Å². The molecule has 0 N–H and O–H groups in total. The van der Waals surface area contributed by atoms with Crippen LogP contribution in [-0.4, -0.2) is 0 Å². The first-order chi connectivity index (χ1) is 30.7. The van der Waals surface area contributed by atoms with Gasteiger partial charge in [0.1, 0.15) is 11.2 Å². The molecule has 0 atom stereocenters. The van der Waals surface area contributed by atoms with Crippen molar-refractivity contribution in [1.29, 1.82) is 0 Å². The maximum atomic E-state index is 6.56. The van der Waals surface area contributed by atoms with Crippen molar-refractivity contribution in [1.82, 2.24) is 0 Å². The van der Waals surface area contributed by atoms with E-state index in [1.54, 1.807) is 0 Å². The molecular weight excluding hydrogens is 791 g/mol. The topological polar surface area (TPSA) is 16.4 Å². The lowest BCUT2D eigenvalue weighted by molar-refractivity contribution is 0.673. The average molecular weight is 826 g/mol. The largest absolute Gasteiger partial charge is 0.455 e. The van der Waals surface area contributed by atoms with Gasteiger partial charge in [-0.25, -0.2) is 0 Å². The maximum absolute atomic E-state index is 6.56. The fraction of sp³-hybridized carbons (Fsp3) is 0. The summed E-state index contributed by atoms with van der Waals surface area (Å²) in [5.74, 6) is 0. The third-order valence-corrected chi connectivity index (χ3v) is 14.8. The zero-order valence-corrected chi connectivity index (χ0v) is 35.0. The fourth-order valence-electron chi connectivity index (χ4n) is 9.55. The van der Waals surface area contributed by atoms with Crippen molar-refractivity contribution >= 4 is 113 Å². The van der Waals surface area contributed by atoms with Crippen LogP contribution in [0.15, 0.2) is 217 Å². The number of thiophene rings is 2. The number of hydrogen-bond donors (Lipinski definition) is 0. The number of anilines is 3. The molecule has 13 aromatic rings. The van der Waals surface area contributed by atoms with Crippen molar-refractivity contribution in [2.45, 2.75) is 0 Å². The van der Waals surface area contributed by atoms with Gasteiger partial charge in [-0.1, -0.05) is 140 Å². The number of fused-ring (bicyclic) bond motifs is 11. The molecule has 0 amide bonds. The van der Waals surface area contributed by atoms with Crippen molar-refractivity contribution in [3.05, 3.63) is 212 Å². The molecule has 290 valence electrons. The minimum Gasteiger partial charge on any atom is -0.455 e. The molecule has 0 aliphatic carbocycles. The van der Waals surface area contributed by atoms with Crippen LogP contribution in [0.25, 0.3) is 106 Å². The Morgan fingerprint density at radius 1 is 0.323 bits per heavy atom. The minimum absolute atomic E-state index is 0.900. The van der Waals surface area contributed by atoms with Gasteiger partial charge in [0.15, 0.2) is 0 Å². The standard InChI is InChI=1S/C58H35NOS2/c1-2-10-46-37(9-1)25-34-50-56-44(13-7-15-51(56)60-58(46)50)38-21-29-42(30-22-38)59(41-27-19-36(20-28-41)40-26-33-48-47-11-3-5-16-52(47)62-55(48)35-40)43-31-23-39(24-32-43)45-14-8-18-54-57(45)49-12-4-6-17-53(49)61-54/h1-35H. The van der Waals surface area contributed by atoms with Crippen molar-refractivity contribution in [3.8, 4) is 33.4 Å². The molecule has 4 heteroatoms. The Balaban J connectivity index is 0.909. The van der Waals surface area contributed by atoms with Gasteiger partial charge in [0.25, 0.3) is 0 Å². The molecule has 62 heavy (non-hydrogen) atoms. The highest BCUT2D eigenvalue weighted by atomic mass is 32.1. The summed E-state index contributed by atoms with van der Waals surface area (Å²) in [5.41, 5.74) is 12.3. The van der Waals surface area contributed by atoms with Gasteiger partial charge in [0.2, 0.25) is 0 Å². The van der Waals surface area contributed by atoms with Crippen molar-refractivity contribution < 1.29 is 4.42 Å². The number of rotatable bonds is 6. The third-order valence-electron chi connectivity index (χ3n) is 12.5. The first kappa shape index (κ1) is 35.3. The van der Waals surface area contributed by atoms with E-state index in [4.69, 9.17) is 4.42 Å². The second-order valence-electron chi connectivity index (χ2n) is 16.0. The Morgan fingerprint density at radius 3 is 1.56 bits per heavy atom. The lowest BCUT2D eigenvalue weighted by Gasteiger charge is -2.26. The average Bonchev–Trinajstić information content (AvgIpc) is 4.04. The second kappa shape index (κ2) is 14.0. The molecule has 0 aliphatic rings. The molecule has 0 unspecified atom stereocenters. The fourth-order valence-corrected chi connectivity index (χ4v) is 11.8. The van der Waals surface area contributed by atoms with E-state index in [2.05, 4.69) is 217 Å². The zero-order valence-electron chi connectivity index (χ0n) is 33.4. The summed E-state index contributed by atoms with van der Waals surface area (Å²) in [6, 6.07) is 77.4. The Morgan fingerprint density at radius 2 is 0.839 bits per heavy atom. The van der Waals surface area contributed by atoms with E-state index in [0.717, 1.165) is 55.5 Å². The van der Waals surface area contributed by atoms with Gasteiger partial charge in [-0.2, -0.15) is 0 Å². The number of hydrogen-bond acceptors (Lipinski definition) is 4.